The Hall–Kier alpha value is -6.48. The summed E-state index contributed by atoms with van der Waals surface area (Å²) in [6.07, 6.45) is 1.78. The summed E-state index contributed by atoms with van der Waals surface area (Å²) >= 11 is 0. The second-order valence-electron chi connectivity index (χ2n) is 12.4. The van der Waals surface area contributed by atoms with E-state index in [1.165, 1.54) is 0 Å². The minimum atomic E-state index is 0.580. The number of nitrogens with two attached hydrogens (primary N) is 3. The Bertz CT molecular complexity index is 1980. The number of methoxy groups -OCH3 is 3. The standard InChI is InChI=1S/C42H39N3O6/c1-46-37-16-25-13-29-20-41(50-35-11-5-8-32(44)23-35)39(48-3)18-27(29)15-30-21-42(51-36-12-6-9-33(45)24-36)38(47-2)17-26(30)14-28(25)19-40(37)49-34-10-4-7-31(43)22-34/h4-12,16-24H,13-15,43-45H2,1-3H3. The van der Waals surface area contributed by atoms with Crippen molar-refractivity contribution in [3.05, 3.63) is 143 Å². The summed E-state index contributed by atoms with van der Waals surface area (Å²) < 4.78 is 36.8. The first-order chi connectivity index (χ1) is 24.8. The van der Waals surface area contributed by atoms with Crippen LogP contribution in [-0.4, -0.2) is 21.3 Å². The number of fused-ring (bicyclic) bond motifs is 3. The van der Waals surface area contributed by atoms with Crippen LogP contribution < -0.4 is 45.6 Å². The van der Waals surface area contributed by atoms with E-state index >= 15 is 0 Å². The van der Waals surface area contributed by atoms with E-state index in [0.717, 1.165) is 33.4 Å². The number of rotatable bonds is 9. The quantitative estimate of drug-likeness (QED) is 0.128. The highest BCUT2D eigenvalue weighted by atomic mass is 16.5. The van der Waals surface area contributed by atoms with Gasteiger partial charge in [-0.05, 0) is 125 Å². The second kappa shape index (κ2) is 14.2. The van der Waals surface area contributed by atoms with Crippen molar-refractivity contribution in [2.45, 2.75) is 19.3 Å². The first-order valence-electron chi connectivity index (χ1n) is 16.5. The van der Waals surface area contributed by atoms with Crippen molar-refractivity contribution in [3.8, 4) is 51.7 Å². The van der Waals surface area contributed by atoms with Crippen molar-refractivity contribution in [2.75, 3.05) is 38.5 Å². The maximum Gasteiger partial charge on any atom is 0.169 e. The molecule has 6 aromatic rings. The summed E-state index contributed by atoms with van der Waals surface area (Å²) in [5.41, 5.74) is 26.4. The predicted octanol–water partition coefficient (Wildman–Crippen LogP) is 8.92. The van der Waals surface area contributed by atoms with E-state index in [1.807, 2.05) is 91.0 Å². The van der Waals surface area contributed by atoms with E-state index in [0.29, 0.717) is 88.1 Å². The third-order valence-corrected chi connectivity index (χ3v) is 8.86. The Kier molecular flexibility index (Phi) is 9.18. The van der Waals surface area contributed by atoms with E-state index in [2.05, 4.69) is 0 Å². The summed E-state index contributed by atoms with van der Waals surface area (Å²) in [4.78, 5) is 0. The van der Waals surface area contributed by atoms with Crippen LogP contribution in [0, 0.1) is 0 Å². The van der Waals surface area contributed by atoms with Gasteiger partial charge in [-0.2, -0.15) is 0 Å². The molecule has 0 aromatic heterocycles. The van der Waals surface area contributed by atoms with Gasteiger partial charge in [-0.3, -0.25) is 0 Å². The minimum absolute atomic E-state index is 0.580. The van der Waals surface area contributed by atoms with Gasteiger partial charge in [0.1, 0.15) is 17.2 Å². The van der Waals surface area contributed by atoms with Crippen LogP contribution in [0.25, 0.3) is 0 Å². The predicted molar refractivity (Wildman–Crippen MR) is 200 cm³/mol. The zero-order valence-corrected chi connectivity index (χ0v) is 28.7. The van der Waals surface area contributed by atoms with Crippen molar-refractivity contribution >= 4 is 17.1 Å². The lowest BCUT2D eigenvalue weighted by Gasteiger charge is -2.18. The molecule has 0 spiro atoms. The number of benzene rings is 6. The Morgan fingerprint density at radius 3 is 0.843 bits per heavy atom. The van der Waals surface area contributed by atoms with Gasteiger partial charge in [-0.15, -0.1) is 0 Å². The summed E-state index contributed by atoms with van der Waals surface area (Å²) in [6.45, 7) is 0. The molecule has 0 heterocycles. The number of hydrogen-bond acceptors (Lipinski definition) is 9. The Balaban J connectivity index is 1.39. The average Bonchev–Trinajstić information content (AvgIpc) is 3.16. The van der Waals surface area contributed by atoms with E-state index in [4.69, 9.17) is 45.6 Å². The van der Waals surface area contributed by atoms with E-state index in [-0.39, 0.29) is 0 Å². The van der Waals surface area contributed by atoms with Gasteiger partial charge in [0.25, 0.3) is 0 Å². The Morgan fingerprint density at radius 2 is 0.608 bits per heavy atom. The maximum absolute atomic E-state index is 6.37. The molecule has 258 valence electrons. The van der Waals surface area contributed by atoms with Crippen LogP contribution in [-0.2, 0) is 19.3 Å². The number of ether oxygens (including phenoxy) is 6. The first kappa shape index (κ1) is 33.0. The van der Waals surface area contributed by atoms with Crippen molar-refractivity contribution in [1.82, 2.24) is 0 Å². The van der Waals surface area contributed by atoms with Crippen molar-refractivity contribution in [3.63, 3.8) is 0 Å². The largest absolute Gasteiger partial charge is 0.493 e. The van der Waals surface area contributed by atoms with Crippen LogP contribution in [0.15, 0.2) is 109 Å². The minimum Gasteiger partial charge on any atom is -0.493 e. The average molecular weight is 682 g/mol. The summed E-state index contributed by atoms with van der Waals surface area (Å²) in [5, 5.41) is 0. The van der Waals surface area contributed by atoms with Crippen molar-refractivity contribution in [1.29, 1.82) is 0 Å². The molecule has 0 saturated heterocycles. The molecule has 0 aliphatic heterocycles. The Labute approximate surface area is 297 Å². The molecule has 9 heteroatoms. The van der Waals surface area contributed by atoms with Gasteiger partial charge in [-0.25, -0.2) is 0 Å². The highest BCUT2D eigenvalue weighted by molar-refractivity contribution is 5.60. The second-order valence-corrected chi connectivity index (χ2v) is 12.4. The van der Waals surface area contributed by atoms with E-state index in [1.54, 1.807) is 39.5 Å². The molecule has 0 bridgehead atoms. The smallest absolute Gasteiger partial charge is 0.169 e. The van der Waals surface area contributed by atoms with Gasteiger partial charge >= 0.3 is 0 Å². The molecule has 0 amide bonds. The van der Waals surface area contributed by atoms with Crippen LogP contribution in [0.2, 0.25) is 0 Å². The molecular weight excluding hydrogens is 642 g/mol. The van der Waals surface area contributed by atoms with Gasteiger partial charge in [0.2, 0.25) is 0 Å². The van der Waals surface area contributed by atoms with Gasteiger partial charge in [0, 0.05) is 35.3 Å². The molecule has 0 fully saturated rings. The lowest BCUT2D eigenvalue weighted by Crippen LogP contribution is -2.02. The van der Waals surface area contributed by atoms with E-state index in [9.17, 15) is 0 Å². The highest BCUT2D eigenvalue weighted by Crippen LogP contribution is 2.43. The van der Waals surface area contributed by atoms with Crippen LogP contribution in [0.5, 0.6) is 51.7 Å². The zero-order chi connectivity index (χ0) is 35.5. The summed E-state index contributed by atoms with van der Waals surface area (Å²) in [5.74, 6) is 5.39. The number of hydrogen-bond donors (Lipinski definition) is 3. The molecule has 0 unspecified atom stereocenters. The molecule has 7 rings (SSSR count). The molecule has 9 nitrogen and oxygen atoms in total. The zero-order valence-electron chi connectivity index (χ0n) is 28.7. The van der Waals surface area contributed by atoms with E-state index < -0.39 is 0 Å². The molecule has 1 aliphatic carbocycles. The van der Waals surface area contributed by atoms with Gasteiger partial charge in [-0.1, -0.05) is 18.2 Å². The third kappa shape index (κ3) is 7.28. The number of nitrogen functional groups attached to an aromatic ring is 3. The van der Waals surface area contributed by atoms with Crippen LogP contribution in [0.4, 0.5) is 17.1 Å². The molecule has 1 aliphatic rings. The fourth-order valence-corrected chi connectivity index (χ4v) is 6.37. The molecule has 0 radical (unpaired) electrons. The summed E-state index contributed by atoms with van der Waals surface area (Å²) in [6, 6.07) is 34.3. The van der Waals surface area contributed by atoms with Crippen LogP contribution in [0.1, 0.15) is 33.4 Å². The van der Waals surface area contributed by atoms with Gasteiger partial charge in [0.05, 0.1) is 21.3 Å². The Morgan fingerprint density at radius 1 is 0.353 bits per heavy atom. The topological polar surface area (TPSA) is 133 Å². The lowest BCUT2D eigenvalue weighted by molar-refractivity contribution is 0.377. The monoisotopic (exact) mass is 681 g/mol. The highest BCUT2D eigenvalue weighted by Gasteiger charge is 2.23. The fourth-order valence-electron chi connectivity index (χ4n) is 6.37. The first-order valence-corrected chi connectivity index (χ1v) is 16.5. The molecule has 6 N–H and O–H groups in total. The summed E-state index contributed by atoms with van der Waals surface area (Å²) in [7, 11) is 4.92. The fraction of sp³-hybridized carbons (Fsp3) is 0.143. The number of anilines is 3. The maximum atomic E-state index is 6.37. The van der Waals surface area contributed by atoms with Crippen molar-refractivity contribution in [2.24, 2.45) is 0 Å². The third-order valence-electron chi connectivity index (χ3n) is 8.86. The normalized spacial score (nSPS) is 11.8. The SMILES string of the molecule is COc1cc2c(cc1Oc1cccc(N)c1)Cc1cc(OC)c(Oc3cccc(N)c3)cc1Cc1cc(OC)c(Oc3cccc(N)c3)cc1C2. The van der Waals surface area contributed by atoms with Gasteiger partial charge in [0.15, 0.2) is 34.5 Å². The van der Waals surface area contributed by atoms with Crippen molar-refractivity contribution < 1.29 is 28.4 Å². The molecule has 0 atom stereocenters. The van der Waals surface area contributed by atoms with Crippen LogP contribution >= 0.6 is 0 Å². The molecule has 6 aromatic carbocycles. The van der Waals surface area contributed by atoms with Gasteiger partial charge < -0.3 is 45.6 Å². The molecule has 0 saturated carbocycles. The molecule has 51 heavy (non-hydrogen) atoms. The lowest BCUT2D eigenvalue weighted by atomic mass is 9.94. The molecular formula is C42H39N3O6. The van der Waals surface area contributed by atoms with Crippen LogP contribution in [0.3, 0.4) is 0 Å².